The van der Waals surface area contributed by atoms with Gasteiger partial charge in [-0.3, -0.25) is 4.79 Å². The van der Waals surface area contributed by atoms with Crippen molar-refractivity contribution in [2.75, 3.05) is 14.2 Å². The first-order valence-electron chi connectivity index (χ1n) is 12.4. The van der Waals surface area contributed by atoms with E-state index < -0.39 is 11.5 Å². The number of aliphatic hydroxyl groups is 1. The van der Waals surface area contributed by atoms with Crippen LogP contribution in [0.25, 0.3) is 0 Å². The highest BCUT2D eigenvalue weighted by molar-refractivity contribution is 6.31. The lowest BCUT2D eigenvalue weighted by atomic mass is 9.73. The lowest BCUT2D eigenvalue weighted by molar-refractivity contribution is -0.000251. The van der Waals surface area contributed by atoms with Gasteiger partial charge < -0.3 is 14.6 Å². The molecule has 1 aliphatic rings. The second-order valence-corrected chi connectivity index (χ2v) is 10.5. The van der Waals surface area contributed by atoms with Crippen LogP contribution in [0.1, 0.15) is 45.3 Å². The molecule has 1 saturated carbocycles. The van der Waals surface area contributed by atoms with Gasteiger partial charge in [0.1, 0.15) is 17.1 Å². The van der Waals surface area contributed by atoms with Crippen LogP contribution in [0.15, 0.2) is 97.1 Å². The average Bonchev–Trinajstić information content (AvgIpc) is 3.27. The van der Waals surface area contributed by atoms with E-state index in [2.05, 4.69) is 0 Å². The van der Waals surface area contributed by atoms with Gasteiger partial charge in [0.25, 0.3) is 0 Å². The van der Waals surface area contributed by atoms with Crippen molar-refractivity contribution >= 4 is 29.0 Å². The second-order valence-electron chi connectivity index (χ2n) is 9.66. The summed E-state index contributed by atoms with van der Waals surface area (Å²) in [5, 5.41) is 13.6. The number of hydrogen-bond donors (Lipinski definition) is 1. The molecule has 0 saturated heterocycles. The van der Waals surface area contributed by atoms with Crippen LogP contribution >= 0.6 is 23.2 Å². The molecule has 0 bridgehead atoms. The van der Waals surface area contributed by atoms with Gasteiger partial charge in [0.15, 0.2) is 5.78 Å². The molecule has 4 atom stereocenters. The number of methoxy groups -OCH3 is 2. The first-order valence-corrected chi connectivity index (χ1v) is 13.2. The Morgan fingerprint density at radius 2 is 1.21 bits per heavy atom. The number of hydrogen-bond acceptors (Lipinski definition) is 4. The molecule has 0 unspecified atom stereocenters. The lowest BCUT2D eigenvalue weighted by Gasteiger charge is -2.33. The third-order valence-electron chi connectivity index (χ3n) is 7.64. The van der Waals surface area contributed by atoms with E-state index >= 15 is 0 Å². The molecule has 6 heteroatoms. The first kappa shape index (κ1) is 26.3. The molecule has 1 aliphatic carbocycles. The SMILES string of the molecule is COc1ccc([C@@H]2[C@@H](c3ccc(OC)cc3)C[C@](O)(c3ccc(Cl)cc3)[C@H]2C(=O)c2ccc(Cl)cc2)cc1. The Kier molecular flexibility index (Phi) is 7.49. The topological polar surface area (TPSA) is 55.8 Å². The molecule has 4 aromatic carbocycles. The standard InChI is InChI=1S/C32H28Cl2O4/c1-37-26-15-5-20(6-16-26)28-19-32(36,23-9-13-25(34)14-10-23)30(31(35)22-3-11-24(33)12-4-22)29(28)21-7-17-27(38-2)18-8-21/h3-18,28-30,36H,19H2,1-2H3/t28-,29-,30-,32+/m1/s1. The molecule has 0 heterocycles. The van der Waals surface area contributed by atoms with Gasteiger partial charge in [-0.25, -0.2) is 0 Å². The van der Waals surface area contributed by atoms with Crippen molar-refractivity contribution in [3.05, 3.63) is 129 Å². The van der Waals surface area contributed by atoms with Gasteiger partial charge in [-0.1, -0.05) is 59.6 Å². The summed E-state index contributed by atoms with van der Waals surface area (Å²) in [6, 6.07) is 29.6. The van der Waals surface area contributed by atoms with Gasteiger partial charge in [-0.2, -0.15) is 0 Å². The van der Waals surface area contributed by atoms with Crippen LogP contribution in [-0.4, -0.2) is 25.1 Å². The fourth-order valence-electron chi connectivity index (χ4n) is 5.76. The van der Waals surface area contributed by atoms with E-state index in [1.165, 1.54) is 0 Å². The Bertz CT molecular complexity index is 1400. The van der Waals surface area contributed by atoms with Crippen LogP contribution in [0.5, 0.6) is 11.5 Å². The van der Waals surface area contributed by atoms with Crippen LogP contribution < -0.4 is 9.47 Å². The summed E-state index contributed by atoms with van der Waals surface area (Å²) in [4.78, 5) is 14.3. The van der Waals surface area contributed by atoms with E-state index in [4.69, 9.17) is 32.7 Å². The van der Waals surface area contributed by atoms with E-state index in [1.54, 1.807) is 50.6 Å². The molecule has 5 rings (SSSR count). The van der Waals surface area contributed by atoms with Gasteiger partial charge >= 0.3 is 0 Å². The number of halogens is 2. The van der Waals surface area contributed by atoms with Gasteiger partial charge in [-0.05, 0) is 89.7 Å². The van der Waals surface area contributed by atoms with E-state index in [0.29, 0.717) is 27.6 Å². The number of carbonyl (C=O) groups is 1. The van der Waals surface area contributed by atoms with Crippen LogP contribution in [0, 0.1) is 5.92 Å². The first-order chi connectivity index (χ1) is 18.3. The molecule has 194 valence electrons. The normalized spacial score (nSPS) is 22.7. The monoisotopic (exact) mass is 546 g/mol. The maximum absolute atomic E-state index is 14.3. The van der Waals surface area contributed by atoms with Crippen LogP contribution in [0.3, 0.4) is 0 Å². The predicted octanol–water partition coefficient (Wildman–Crippen LogP) is 7.67. The number of Topliss-reactive ketones (excluding diaryl/α,β-unsaturated/α-hetero) is 1. The van der Waals surface area contributed by atoms with Crippen LogP contribution in [0.4, 0.5) is 0 Å². The third-order valence-corrected chi connectivity index (χ3v) is 8.14. The number of carbonyl (C=O) groups excluding carboxylic acids is 1. The van der Waals surface area contributed by atoms with Crippen LogP contribution in [0.2, 0.25) is 10.0 Å². The van der Waals surface area contributed by atoms with Crippen molar-refractivity contribution < 1.29 is 19.4 Å². The quantitative estimate of drug-likeness (QED) is 0.241. The lowest BCUT2D eigenvalue weighted by Crippen LogP contribution is -2.38. The Morgan fingerprint density at radius 1 is 0.737 bits per heavy atom. The number of benzene rings is 4. The molecule has 0 aromatic heterocycles. The largest absolute Gasteiger partial charge is 0.497 e. The van der Waals surface area contributed by atoms with Gasteiger partial charge in [0.2, 0.25) is 0 Å². The predicted molar refractivity (Wildman–Crippen MR) is 151 cm³/mol. The highest BCUT2D eigenvalue weighted by Gasteiger charge is 2.57. The molecule has 4 aromatic rings. The smallest absolute Gasteiger partial charge is 0.169 e. The van der Waals surface area contributed by atoms with Gasteiger partial charge in [0, 0.05) is 21.5 Å². The minimum Gasteiger partial charge on any atom is -0.497 e. The summed E-state index contributed by atoms with van der Waals surface area (Å²) in [5.74, 6) is 0.0754. The number of rotatable bonds is 7. The Labute approximate surface area is 232 Å². The molecule has 0 spiro atoms. The summed E-state index contributed by atoms with van der Waals surface area (Å²) in [5.41, 5.74) is 1.68. The van der Waals surface area contributed by atoms with Crippen molar-refractivity contribution in [1.29, 1.82) is 0 Å². The average molecular weight is 547 g/mol. The van der Waals surface area contributed by atoms with Crippen molar-refractivity contribution in [3.63, 3.8) is 0 Å². The van der Waals surface area contributed by atoms with E-state index in [1.807, 2.05) is 60.7 Å². The molecule has 0 amide bonds. The van der Waals surface area contributed by atoms with Gasteiger partial charge in [0.05, 0.1) is 20.1 Å². The minimum absolute atomic E-state index is 0.143. The molecule has 4 nitrogen and oxygen atoms in total. The van der Waals surface area contributed by atoms with Crippen molar-refractivity contribution in [1.82, 2.24) is 0 Å². The molecule has 0 aliphatic heterocycles. The molecular formula is C32H28Cl2O4. The zero-order chi connectivity index (χ0) is 26.9. The second kappa shape index (κ2) is 10.8. The fourth-order valence-corrected chi connectivity index (χ4v) is 6.01. The van der Waals surface area contributed by atoms with Crippen molar-refractivity contribution in [3.8, 4) is 11.5 Å². The molecule has 1 fully saturated rings. The van der Waals surface area contributed by atoms with E-state index in [0.717, 1.165) is 22.6 Å². The highest BCUT2D eigenvalue weighted by atomic mass is 35.5. The number of ketones is 1. The van der Waals surface area contributed by atoms with E-state index in [-0.39, 0.29) is 17.6 Å². The van der Waals surface area contributed by atoms with Crippen LogP contribution in [-0.2, 0) is 5.60 Å². The minimum atomic E-state index is -1.45. The summed E-state index contributed by atoms with van der Waals surface area (Å²) in [7, 11) is 3.25. The van der Waals surface area contributed by atoms with E-state index in [9.17, 15) is 9.90 Å². The molecular weight excluding hydrogens is 519 g/mol. The van der Waals surface area contributed by atoms with Gasteiger partial charge in [-0.15, -0.1) is 0 Å². The summed E-state index contributed by atoms with van der Waals surface area (Å²) in [6.07, 6.45) is 0.349. The Hall–Kier alpha value is -3.31. The molecule has 1 N–H and O–H groups in total. The summed E-state index contributed by atoms with van der Waals surface area (Å²) in [6.45, 7) is 0. The maximum atomic E-state index is 14.3. The molecule has 38 heavy (non-hydrogen) atoms. The number of ether oxygens (including phenoxy) is 2. The van der Waals surface area contributed by atoms with Crippen molar-refractivity contribution in [2.24, 2.45) is 5.92 Å². The summed E-state index contributed by atoms with van der Waals surface area (Å²) >= 11 is 12.3. The third kappa shape index (κ3) is 4.92. The zero-order valence-electron chi connectivity index (χ0n) is 21.1. The Morgan fingerprint density at radius 3 is 1.71 bits per heavy atom. The maximum Gasteiger partial charge on any atom is 0.169 e. The molecule has 0 radical (unpaired) electrons. The summed E-state index contributed by atoms with van der Waals surface area (Å²) < 4.78 is 10.8. The highest BCUT2D eigenvalue weighted by Crippen LogP contribution is 2.59. The van der Waals surface area contributed by atoms with Crippen molar-refractivity contribution in [2.45, 2.75) is 23.9 Å². The zero-order valence-corrected chi connectivity index (χ0v) is 22.6. The fraction of sp³-hybridized carbons (Fsp3) is 0.219. The Balaban J connectivity index is 1.71.